The van der Waals surface area contributed by atoms with Crippen LogP contribution in [0.3, 0.4) is 0 Å². The highest BCUT2D eigenvalue weighted by atomic mass is 32.2. The Morgan fingerprint density at radius 3 is 2.58 bits per heavy atom. The minimum atomic E-state index is -4.00. The summed E-state index contributed by atoms with van der Waals surface area (Å²) in [5.41, 5.74) is 1.01. The summed E-state index contributed by atoms with van der Waals surface area (Å²) in [5.74, 6) is -1.12. The molecule has 1 amide bonds. The summed E-state index contributed by atoms with van der Waals surface area (Å²) < 4.78 is 42.3. The number of benzene rings is 1. The van der Waals surface area contributed by atoms with E-state index in [0.717, 1.165) is 15.9 Å². The van der Waals surface area contributed by atoms with Gasteiger partial charge in [0.1, 0.15) is 11.5 Å². The standard InChI is InChI=1S/C17H23FN4O3S/c1-5-21(11-17(23)20-12(2)3)26(24,25)14-6-7-16(15(18)8-14)22-10-13(4)9-19-22/h6-10,12H,5,11H2,1-4H3,(H,20,23). The summed E-state index contributed by atoms with van der Waals surface area (Å²) >= 11 is 0. The first-order valence-corrected chi connectivity index (χ1v) is 9.70. The number of likely N-dealkylation sites (N-methyl/N-ethyl adjacent to an activating group) is 1. The number of aromatic nitrogens is 2. The fourth-order valence-electron chi connectivity index (χ4n) is 2.42. The molecule has 9 heteroatoms. The predicted molar refractivity (Wildman–Crippen MR) is 96.0 cm³/mol. The van der Waals surface area contributed by atoms with Gasteiger partial charge < -0.3 is 5.32 Å². The lowest BCUT2D eigenvalue weighted by Crippen LogP contribution is -2.42. The van der Waals surface area contributed by atoms with Crippen molar-refractivity contribution in [2.75, 3.05) is 13.1 Å². The minimum absolute atomic E-state index is 0.0928. The first-order chi connectivity index (χ1) is 12.1. The quantitative estimate of drug-likeness (QED) is 0.792. The van der Waals surface area contributed by atoms with Crippen molar-refractivity contribution in [2.24, 2.45) is 0 Å². The fraction of sp³-hybridized carbons (Fsp3) is 0.412. The second-order valence-corrected chi connectivity index (χ2v) is 8.17. The molecule has 0 saturated carbocycles. The normalized spacial score (nSPS) is 12.0. The van der Waals surface area contributed by atoms with Crippen LogP contribution in [-0.2, 0) is 14.8 Å². The third kappa shape index (κ3) is 4.47. The number of hydrogen-bond donors (Lipinski definition) is 1. The molecule has 142 valence electrons. The average molecular weight is 382 g/mol. The van der Waals surface area contributed by atoms with Gasteiger partial charge in [0.15, 0.2) is 0 Å². The van der Waals surface area contributed by atoms with E-state index in [1.54, 1.807) is 33.2 Å². The summed E-state index contributed by atoms with van der Waals surface area (Å²) in [6, 6.07) is 3.52. The topological polar surface area (TPSA) is 84.3 Å². The van der Waals surface area contributed by atoms with Gasteiger partial charge in [-0.25, -0.2) is 17.5 Å². The number of carbonyl (C=O) groups excluding carboxylic acids is 1. The summed E-state index contributed by atoms with van der Waals surface area (Å²) in [6.07, 6.45) is 3.22. The molecule has 0 atom stereocenters. The number of rotatable bonds is 7. The van der Waals surface area contributed by atoms with Crippen molar-refractivity contribution < 1.29 is 17.6 Å². The molecule has 0 saturated heterocycles. The summed E-state index contributed by atoms with van der Waals surface area (Å²) in [4.78, 5) is 11.7. The summed E-state index contributed by atoms with van der Waals surface area (Å²) in [7, 11) is -4.00. The Balaban J connectivity index is 2.30. The number of amides is 1. The molecule has 7 nitrogen and oxygen atoms in total. The predicted octanol–water partition coefficient (Wildman–Crippen LogP) is 1.86. The highest BCUT2D eigenvalue weighted by Crippen LogP contribution is 2.21. The number of halogens is 1. The van der Waals surface area contributed by atoms with E-state index < -0.39 is 21.7 Å². The van der Waals surface area contributed by atoms with Crippen LogP contribution in [0.5, 0.6) is 0 Å². The molecule has 2 aromatic rings. The Labute approximate surface area is 152 Å². The molecule has 0 radical (unpaired) electrons. The largest absolute Gasteiger partial charge is 0.353 e. The molecule has 0 aliphatic carbocycles. The van der Waals surface area contributed by atoms with Crippen molar-refractivity contribution >= 4 is 15.9 Å². The number of nitrogens with zero attached hydrogens (tertiary/aromatic N) is 3. The zero-order chi connectivity index (χ0) is 19.5. The Kier molecular flexibility index (Phi) is 6.14. The van der Waals surface area contributed by atoms with Crippen LogP contribution in [0.4, 0.5) is 4.39 Å². The second-order valence-electron chi connectivity index (χ2n) is 6.23. The second kappa shape index (κ2) is 7.96. The van der Waals surface area contributed by atoms with E-state index in [4.69, 9.17) is 0 Å². The van der Waals surface area contributed by atoms with Crippen LogP contribution < -0.4 is 5.32 Å². The summed E-state index contributed by atoms with van der Waals surface area (Å²) in [5, 5.41) is 6.67. The third-order valence-corrected chi connectivity index (χ3v) is 5.55. The van der Waals surface area contributed by atoms with Crippen LogP contribution in [0.2, 0.25) is 0 Å². The van der Waals surface area contributed by atoms with E-state index in [9.17, 15) is 17.6 Å². The van der Waals surface area contributed by atoms with E-state index in [1.807, 2.05) is 6.92 Å². The number of hydrogen-bond acceptors (Lipinski definition) is 4. The zero-order valence-electron chi connectivity index (χ0n) is 15.2. The molecule has 1 aromatic carbocycles. The molecular formula is C17H23FN4O3S. The van der Waals surface area contributed by atoms with Gasteiger partial charge in [0.25, 0.3) is 0 Å². The van der Waals surface area contributed by atoms with E-state index in [0.29, 0.717) is 0 Å². The molecule has 0 spiro atoms. The van der Waals surface area contributed by atoms with Crippen LogP contribution in [0.1, 0.15) is 26.3 Å². The van der Waals surface area contributed by atoms with Crippen molar-refractivity contribution in [2.45, 2.75) is 38.6 Å². The summed E-state index contributed by atoms with van der Waals surface area (Å²) in [6.45, 7) is 6.79. The lowest BCUT2D eigenvalue weighted by molar-refractivity contribution is -0.121. The highest BCUT2D eigenvalue weighted by Gasteiger charge is 2.26. The number of aryl methyl sites for hydroxylation is 1. The number of carbonyl (C=O) groups is 1. The van der Waals surface area contributed by atoms with Gasteiger partial charge in [0.05, 0.1) is 17.6 Å². The Morgan fingerprint density at radius 1 is 1.38 bits per heavy atom. The molecule has 1 N–H and O–H groups in total. The van der Waals surface area contributed by atoms with E-state index in [-0.39, 0.29) is 29.7 Å². The smallest absolute Gasteiger partial charge is 0.243 e. The van der Waals surface area contributed by atoms with Gasteiger partial charge in [-0.2, -0.15) is 9.40 Å². The lowest BCUT2D eigenvalue weighted by atomic mass is 10.3. The van der Waals surface area contributed by atoms with Crippen LogP contribution in [0, 0.1) is 12.7 Å². The molecule has 1 heterocycles. The Bertz CT molecular complexity index is 893. The van der Waals surface area contributed by atoms with Gasteiger partial charge in [-0.3, -0.25) is 4.79 Å². The molecule has 0 fully saturated rings. The van der Waals surface area contributed by atoms with Crippen molar-refractivity contribution in [1.29, 1.82) is 0 Å². The van der Waals surface area contributed by atoms with Gasteiger partial charge >= 0.3 is 0 Å². The Hall–Kier alpha value is -2.26. The SMILES string of the molecule is CCN(CC(=O)NC(C)C)S(=O)(=O)c1ccc(-n2cc(C)cn2)c(F)c1. The van der Waals surface area contributed by atoms with Crippen molar-refractivity contribution in [3.05, 3.63) is 42.0 Å². The van der Waals surface area contributed by atoms with E-state index in [2.05, 4.69) is 10.4 Å². The maximum atomic E-state index is 14.5. The van der Waals surface area contributed by atoms with Crippen molar-refractivity contribution in [3.8, 4) is 5.69 Å². The van der Waals surface area contributed by atoms with E-state index in [1.165, 1.54) is 16.8 Å². The van der Waals surface area contributed by atoms with E-state index >= 15 is 0 Å². The number of nitrogens with one attached hydrogen (secondary N) is 1. The molecule has 0 bridgehead atoms. The fourth-order valence-corrected chi connectivity index (χ4v) is 3.84. The van der Waals surface area contributed by atoms with Crippen molar-refractivity contribution in [3.63, 3.8) is 0 Å². The van der Waals surface area contributed by atoms with Crippen LogP contribution in [0.25, 0.3) is 5.69 Å². The number of sulfonamides is 1. The van der Waals surface area contributed by atoms with Gasteiger partial charge in [-0.15, -0.1) is 0 Å². The van der Waals surface area contributed by atoms with Gasteiger partial charge in [-0.1, -0.05) is 6.92 Å². The Morgan fingerprint density at radius 2 is 2.08 bits per heavy atom. The first-order valence-electron chi connectivity index (χ1n) is 8.26. The molecule has 2 rings (SSSR count). The zero-order valence-corrected chi connectivity index (χ0v) is 16.0. The lowest BCUT2D eigenvalue weighted by Gasteiger charge is -2.21. The molecule has 1 aromatic heterocycles. The van der Waals surface area contributed by atoms with Crippen LogP contribution >= 0.6 is 0 Å². The van der Waals surface area contributed by atoms with Gasteiger partial charge in [-0.05, 0) is 44.5 Å². The molecule has 0 unspecified atom stereocenters. The minimum Gasteiger partial charge on any atom is -0.353 e. The average Bonchev–Trinajstić information content (AvgIpc) is 2.97. The molecule has 0 aliphatic rings. The van der Waals surface area contributed by atoms with Crippen LogP contribution in [0.15, 0.2) is 35.5 Å². The van der Waals surface area contributed by atoms with Crippen LogP contribution in [-0.4, -0.2) is 47.5 Å². The molecular weight excluding hydrogens is 359 g/mol. The highest BCUT2D eigenvalue weighted by molar-refractivity contribution is 7.89. The third-order valence-electron chi connectivity index (χ3n) is 3.64. The van der Waals surface area contributed by atoms with Gasteiger partial charge in [0, 0.05) is 18.8 Å². The van der Waals surface area contributed by atoms with Crippen molar-refractivity contribution in [1.82, 2.24) is 19.4 Å². The maximum Gasteiger partial charge on any atom is 0.243 e. The van der Waals surface area contributed by atoms with Gasteiger partial charge in [0.2, 0.25) is 15.9 Å². The monoisotopic (exact) mass is 382 g/mol. The first kappa shape index (κ1) is 20.1. The maximum absolute atomic E-state index is 14.5. The molecule has 26 heavy (non-hydrogen) atoms. The molecule has 0 aliphatic heterocycles.